The lowest BCUT2D eigenvalue weighted by Crippen LogP contribution is -2.08. The van der Waals surface area contributed by atoms with Gasteiger partial charge in [-0.15, -0.1) is 0 Å². The molecule has 0 radical (unpaired) electrons. The average molecular weight is 273 g/mol. The van der Waals surface area contributed by atoms with Gasteiger partial charge in [0.2, 0.25) is 0 Å². The van der Waals surface area contributed by atoms with Crippen LogP contribution in [0.4, 0.5) is 4.39 Å². The summed E-state index contributed by atoms with van der Waals surface area (Å²) < 4.78 is 19.1. The first-order chi connectivity index (χ1) is 9.45. The van der Waals surface area contributed by atoms with Crippen LogP contribution < -0.4 is 10.5 Å². The highest BCUT2D eigenvalue weighted by atomic mass is 19.1. The highest BCUT2D eigenvalue weighted by molar-refractivity contribution is 5.36. The Morgan fingerprint density at radius 2 is 1.75 bits per heavy atom. The van der Waals surface area contributed by atoms with Crippen molar-refractivity contribution in [2.45, 2.75) is 33.4 Å². The van der Waals surface area contributed by atoms with E-state index in [1.807, 2.05) is 6.92 Å². The second kappa shape index (κ2) is 6.06. The molecule has 0 aliphatic rings. The number of halogens is 1. The molecule has 0 saturated heterocycles. The number of rotatable bonds is 4. The molecule has 0 heterocycles. The lowest BCUT2D eigenvalue weighted by atomic mass is 10.1. The summed E-state index contributed by atoms with van der Waals surface area (Å²) in [4.78, 5) is 0. The van der Waals surface area contributed by atoms with Crippen molar-refractivity contribution in [1.82, 2.24) is 0 Å². The Kier molecular flexibility index (Phi) is 4.40. The maximum Gasteiger partial charge on any atom is 0.124 e. The maximum atomic E-state index is 13.3. The van der Waals surface area contributed by atoms with Crippen LogP contribution in [0.2, 0.25) is 0 Å². The first kappa shape index (κ1) is 14.5. The molecule has 3 heteroatoms. The van der Waals surface area contributed by atoms with E-state index >= 15 is 0 Å². The van der Waals surface area contributed by atoms with Gasteiger partial charge in [-0.2, -0.15) is 0 Å². The Hall–Kier alpha value is -1.87. The third-order valence-electron chi connectivity index (χ3n) is 3.14. The summed E-state index contributed by atoms with van der Waals surface area (Å²) in [5.74, 6) is 0.344. The van der Waals surface area contributed by atoms with E-state index in [1.54, 1.807) is 6.07 Å². The summed E-state index contributed by atoms with van der Waals surface area (Å²) >= 11 is 0. The van der Waals surface area contributed by atoms with Gasteiger partial charge in [0.1, 0.15) is 18.2 Å². The summed E-state index contributed by atoms with van der Waals surface area (Å²) in [6, 6.07) is 10.5. The van der Waals surface area contributed by atoms with Crippen molar-refractivity contribution in [2.75, 3.05) is 0 Å². The van der Waals surface area contributed by atoms with Crippen molar-refractivity contribution in [3.63, 3.8) is 0 Å². The van der Waals surface area contributed by atoms with Crippen LogP contribution in [0.5, 0.6) is 5.75 Å². The zero-order chi connectivity index (χ0) is 14.7. The van der Waals surface area contributed by atoms with Crippen LogP contribution in [0.1, 0.15) is 35.2 Å². The molecule has 106 valence electrons. The Morgan fingerprint density at radius 3 is 2.35 bits per heavy atom. The Balaban J connectivity index is 2.18. The SMILES string of the molecule is Cc1cc(C)cc(COc2ccc(F)cc2C(C)N)c1. The van der Waals surface area contributed by atoms with Gasteiger partial charge in [0, 0.05) is 11.6 Å². The molecule has 0 spiro atoms. The van der Waals surface area contributed by atoms with E-state index in [4.69, 9.17) is 10.5 Å². The predicted molar refractivity (Wildman–Crippen MR) is 79.3 cm³/mol. The van der Waals surface area contributed by atoms with Crippen molar-refractivity contribution >= 4 is 0 Å². The van der Waals surface area contributed by atoms with E-state index in [2.05, 4.69) is 32.0 Å². The molecular formula is C17H20FNO. The topological polar surface area (TPSA) is 35.2 Å². The smallest absolute Gasteiger partial charge is 0.124 e. The summed E-state index contributed by atoms with van der Waals surface area (Å²) in [6.07, 6.45) is 0. The lowest BCUT2D eigenvalue weighted by Gasteiger charge is -2.14. The van der Waals surface area contributed by atoms with Gasteiger partial charge in [0.25, 0.3) is 0 Å². The average Bonchev–Trinajstić information content (AvgIpc) is 2.36. The molecule has 1 unspecified atom stereocenters. The van der Waals surface area contributed by atoms with Crippen molar-refractivity contribution < 1.29 is 9.13 Å². The minimum atomic E-state index is -0.295. The number of nitrogens with two attached hydrogens (primary N) is 1. The monoisotopic (exact) mass is 273 g/mol. The molecule has 0 fully saturated rings. The van der Waals surface area contributed by atoms with Crippen molar-refractivity contribution in [3.8, 4) is 5.75 Å². The predicted octanol–water partition coefficient (Wildman–Crippen LogP) is 4.04. The van der Waals surface area contributed by atoms with E-state index in [9.17, 15) is 4.39 Å². The summed E-state index contributed by atoms with van der Waals surface area (Å²) in [7, 11) is 0. The number of aryl methyl sites for hydroxylation is 2. The molecule has 0 aliphatic carbocycles. The summed E-state index contributed by atoms with van der Waals surface area (Å²) in [5.41, 5.74) is 10.1. The van der Waals surface area contributed by atoms with Gasteiger partial charge >= 0.3 is 0 Å². The molecule has 0 saturated carbocycles. The van der Waals surface area contributed by atoms with E-state index in [0.717, 1.165) is 5.56 Å². The Morgan fingerprint density at radius 1 is 1.10 bits per heavy atom. The largest absolute Gasteiger partial charge is 0.489 e. The van der Waals surface area contributed by atoms with Gasteiger partial charge in [0.05, 0.1) is 0 Å². The van der Waals surface area contributed by atoms with Crippen LogP contribution in [0.15, 0.2) is 36.4 Å². The highest BCUT2D eigenvalue weighted by Crippen LogP contribution is 2.25. The van der Waals surface area contributed by atoms with Crippen LogP contribution in [0.3, 0.4) is 0 Å². The van der Waals surface area contributed by atoms with Crippen LogP contribution in [-0.4, -0.2) is 0 Å². The van der Waals surface area contributed by atoms with Crippen molar-refractivity contribution in [3.05, 3.63) is 64.5 Å². The lowest BCUT2D eigenvalue weighted by molar-refractivity contribution is 0.300. The molecule has 2 N–H and O–H groups in total. The Labute approximate surface area is 119 Å². The summed E-state index contributed by atoms with van der Waals surface area (Å²) in [6.45, 7) is 6.38. The molecule has 2 nitrogen and oxygen atoms in total. The fourth-order valence-corrected chi connectivity index (χ4v) is 2.32. The second-order valence-electron chi connectivity index (χ2n) is 5.26. The number of ether oxygens (including phenoxy) is 1. The molecule has 0 bridgehead atoms. The van der Waals surface area contributed by atoms with Crippen molar-refractivity contribution in [1.29, 1.82) is 0 Å². The maximum absolute atomic E-state index is 13.3. The van der Waals surface area contributed by atoms with E-state index < -0.39 is 0 Å². The van der Waals surface area contributed by atoms with E-state index in [1.165, 1.54) is 23.3 Å². The van der Waals surface area contributed by atoms with E-state index in [-0.39, 0.29) is 11.9 Å². The molecule has 2 aromatic rings. The second-order valence-corrected chi connectivity index (χ2v) is 5.26. The van der Waals surface area contributed by atoms with E-state index in [0.29, 0.717) is 17.9 Å². The van der Waals surface area contributed by atoms with Gasteiger partial charge in [-0.3, -0.25) is 0 Å². The number of benzene rings is 2. The van der Waals surface area contributed by atoms with Gasteiger partial charge < -0.3 is 10.5 Å². The van der Waals surface area contributed by atoms with Gasteiger partial charge in [-0.1, -0.05) is 29.3 Å². The third kappa shape index (κ3) is 3.58. The molecule has 0 aliphatic heterocycles. The first-order valence-corrected chi connectivity index (χ1v) is 6.70. The molecule has 2 aromatic carbocycles. The van der Waals surface area contributed by atoms with Crippen LogP contribution >= 0.6 is 0 Å². The van der Waals surface area contributed by atoms with Gasteiger partial charge in [-0.25, -0.2) is 4.39 Å². The minimum Gasteiger partial charge on any atom is -0.489 e. The van der Waals surface area contributed by atoms with Crippen LogP contribution in [-0.2, 0) is 6.61 Å². The molecular weight excluding hydrogens is 253 g/mol. The summed E-state index contributed by atoms with van der Waals surface area (Å²) in [5, 5.41) is 0. The first-order valence-electron chi connectivity index (χ1n) is 6.70. The normalized spacial score (nSPS) is 12.2. The molecule has 0 aromatic heterocycles. The molecule has 2 rings (SSSR count). The number of hydrogen-bond acceptors (Lipinski definition) is 2. The molecule has 20 heavy (non-hydrogen) atoms. The molecule has 1 atom stereocenters. The minimum absolute atomic E-state index is 0.264. The highest BCUT2D eigenvalue weighted by Gasteiger charge is 2.10. The fourth-order valence-electron chi connectivity index (χ4n) is 2.32. The fraction of sp³-hybridized carbons (Fsp3) is 0.294. The zero-order valence-corrected chi connectivity index (χ0v) is 12.1. The third-order valence-corrected chi connectivity index (χ3v) is 3.14. The van der Waals surface area contributed by atoms with Crippen LogP contribution in [0.25, 0.3) is 0 Å². The number of hydrogen-bond donors (Lipinski definition) is 1. The quantitative estimate of drug-likeness (QED) is 0.912. The van der Waals surface area contributed by atoms with Crippen LogP contribution in [0, 0.1) is 19.7 Å². The van der Waals surface area contributed by atoms with Gasteiger partial charge in [-0.05, 0) is 44.5 Å². The molecule has 0 amide bonds. The van der Waals surface area contributed by atoms with Crippen molar-refractivity contribution in [2.24, 2.45) is 5.73 Å². The Bertz CT molecular complexity index is 588. The standard InChI is InChI=1S/C17H20FNO/c1-11-6-12(2)8-14(7-11)10-20-17-5-4-15(18)9-16(17)13(3)19/h4-9,13H,10,19H2,1-3H3. The zero-order valence-electron chi connectivity index (χ0n) is 12.1. The van der Waals surface area contributed by atoms with Gasteiger partial charge in [0.15, 0.2) is 0 Å².